The SMILES string of the molecule is N#[N+]/C=C(\O)c1ccc(OCc2ccccc2)cc1OCc1ccccc1. The maximum Gasteiger partial charge on any atom is 0.392 e. The predicted octanol–water partition coefficient (Wildman–Crippen LogP) is 5.55. The molecule has 3 aromatic rings. The number of hydrogen-bond acceptors (Lipinski definition) is 4. The Hall–Kier alpha value is -3.78. The zero-order valence-electron chi connectivity index (χ0n) is 14.7. The summed E-state index contributed by atoms with van der Waals surface area (Å²) in [5.74, 6) is 0.844. The molecule has 0 saturated heterocycles. The van der Waals surface area contributed by atoms with Crippen LogP contribution in [0.25, 0.3) is 10.7 Å². The molecule has 0 aliphatic rings. The van der Waals surface area contributed by atoms with Crippen LogP contribution in [0.5, 0.6) is 11.5 Å². The average molecular weight is 359 g/mol. The first-order valence-corrected chi connectivity index (χ1v) is 8.47. The topological polar surface area (TPSA) is 66.8 Å². The number of aliphatic hydroxyl groups is 1. The lowest BCUT2D eigenvalue weighted by atomic mass is 10.1. The molecule has 5 heteroatoms. The van der Waals surface area contributed by atoms with Crippen molar-refractivity contribution in [2.75, 3.05) is 0 Å². The maximum atomic E-state index is 10.1. The lowest BCUT2D eigenvalue weighted by Crippen LogP contribution is -2.00. The van der Waals surface area contributed by atoms with Gasteiger partial charge in [0.15, 0.2) is 4.98 Å². The monoisotopic (exact) mass is 359 g/mol. The van der Waals surface area contributed by atoms with Gasteiger partial charge >= 0.3 is 6.20 Å². The molecule has 0 heterocycles. The molecular formula is C22H19N2O3+. The van der Waals surface area contributed by atoms with Crippen LogP contribution in [0.4, 0.5) is 0 Å². The first kappa shape index (κ1) is 18.0. The van der Waals surface area contributed by atoms with Crippen LogP contribution < -0.4 is 9.47 Å². The van der Waals surface area contributed by atoms with Crippen LogP contribution in [0.1, 0.15) is 16.7 Å². The van der Waals surface area contributed by atoms with Gasteiger partial charge in [0.2, 0.25) is 11.2 Å². The Labute approximate surface area is 157 Å². The van der Waals surface area contributed by atoms with Gasteiger partial charge in [-0.25, -0.2) is 0 Å². The predicted molar refractivity (Wildman–Crippen MR) is 104 cm³/mol. The van der Waals surface area contributed by atoms with Crippen molar-refractivity contribution >= 4 is 5.76 Å². The molecule has 0 radical (unpaired) electrons. The molecule has 0 unspecified atom stereocenters. The summed E-state index contributed by atoms with van der Waals surface area (Å²) in [6.07, 6.45) is 0.954. The number of aliphatic hydroxyl groups excluding tert-OH is 1. The Morgan fingerprint density at radius 2 is 1.44 bits per heavy atom. The Bertz CT molecular complexity index is 948. The van der Waals surface area contributed by atoms with Crippen molar-refractivity contribution < 1.29 is 14.6 Å². The van der Waals surface area contributed by atoms with Crippen molar-refractivity contribution in [2.24, 2.45) is 0 Å². The van der Waals surface area contributed by atoms with Crippen LogP contribution in [-0.2, 0) is 13.2 Å². The average Bonchev–Trinajstić information content (AvgIpc) is 2.72. The molecule has 1 N–H and O–H groups in total. The molecule has 0 atom stereocenters. The van der Waals surface area contributed by atoms with Crippen molar-refractivity contribution in [1.82, 2.24) is 0 Å². The highest BCUT2D eigenvalue weighted by atomic mass is 16.5. The zero-order chi connectivity index (χ0) is 18.9. The molecule has 0 fully saturated rings. The number of diazo groups is 1. The Kier molecular flexibility index (Phi) is 6.05. The number of ether oxygens (including phenoxy) is 2. The smallest absolute Gasteiger partial charge is 0.392 e. The van der Waals surface area contributed by atoms with Gasteiger partial charge in [-0.05, 0) is 23.3 Å². The quantitative estimate of drug-likeness (QED) is 0.443. The molecule has 3 aromatic carbocycles. The van der Waals surface area contributed by atoms with E-state index in [1.54, 1.807) is 18.2 Å². The third kappa shape index (κ3) is 5.10. The molecule has 0 amide bonds. The second-order valence-corrected chi connectivity index (χ2v) is 5.84. The third-order valence-corrected chi connectivity index (χ3v) is 3.89. The largest absolute Gasteiger partial charge is 0.501 e. The highest BCUT2D eigenvalue weighted by Gasteiger charge is 2.14. The number of nitrogens with zero attached hydrogens (tertiary/aromatic N) is 2. The number of rotatable bonds is 7. The summed E-state index contributed by atoms with van der Waals surface area (Å²) in [6.45, 7) is 0.756. The van der Waals surface area contributed by atoms with Crippen molar-refractivity contribution in [1.29, 1.82) is 5.39 Å². The summed E-state index contributed by atoms with van der Waals surface area (Å²) in [6, 6.07) is 24.6. The van der Waals surface area contributed by atoms with E-state index in [0.717, 1.165) is 17.3 Å². The summed E-state index contributed by atoms with van der Waals surface area (Å²) < 4.78 is 11.7. The van der Waals surface area contributed by atoms with E-state index in [1.807, 2.05) is 60.7 Å². The molecule has 0 aliphatic carbocycles. The van der Waals surface area contributed by atoms with Crippen molar-refractivity contribution in [3.63, 3.8) is 0 Å². The minimum absolute atomic E-state index is 0.199. The molecule has 0 aromatic heterocycles. The van der Waals surface area contributed by atoms with Gasteiger partial charge in [0.05, 0.1) is 5.56 Å². The van der Waals surface area contributed by atoms with E-state index < -0.39 is 0 Å². The Balaban J connectivity index is 1.80. The number of benzene rings is 3. The van der Waals surface area contributed by atoms with Gasteiger partial charge in [0.1, 0.15) is 24.7 Å². The molecule has 0 saturated carbocycles. The summed E-state index contributed by atoms with van der Waals surface area (Å²) in [7, 11) is 0. The van der Waals surface area contributed by atoms with Crippen molar-refractivity contribution in [3.05, 3.63) is 107 Å². The van der Waals surface area contributed by atoms with Gasteiger partial charge in [-0.2, -0.15) is 0 Å². The molecule has 0 bridgehead atoms. The van der Waals surface area contributed by atoms with E-state index in [-0.39, 0.29) is 5.76 Å². The molecule has 3 rings (SSSR count). The van der Waals surface area contributed by atoms with E-state index >= 15 is 0 Å². The molecular weight excluding hydrogens is 340 g/mol. The van der Waals surface area contributed by atoms with E-state index in [9.17, 15) is 5.11 Å². The van der Waals surface area contributed by atoms with Crippen LogP contribution >= 0.6 is 0 Å². The van der Waals surface area contributed by atoms with Gasteiger partial charge in [0.25, 0.3) is 0 Å². The van der Waals surface area contributed by atoms with Gasteiger partial charge in [-0.1, -0.05) is 60.7 Å². The minimum atomic E-state index is -0.199. The van der Waals surface area contributed by atoms with E-state index in [1.165, 1.54) is 0 Å². The van der Waals surface area contributed by atoms with Crippen LogP contribution in [0.2, 0.25) is 0 Å². The summed E-state index contributed by atoms with van der Waals surface area (Å²) in [5.41, 5.74) is 2.46. The second-order valence-electron chi connectivity index (χ2n) is 5.84. The van der Waals surface area contributed by atoms with Crippen LogP contribution in [0.3, 0.4) is 0 Å². The molecule has 27 heavy (non-hydrogen) atoms. The maximum absolute atomic E-state index is 10.1. The highest BCUT2D eigenvalue weighted by molar-refractivity contribution is 5.66. The Morgan fingerprint density at radius 1 is 0.852 bits per heavy atom. The highest BCUT2D eigenvalue weighted by Crippen LogP contribution is 2.30. The van der Waals surface area contributed by atoms with Crippen LogP contribution in [0.15, 0.2) is 85.1 Å². The van der Waals surface area contributed by atoms with Gasteiger partial charge < -0.3 is 14.6 Å². The molecule has 0 spiro atoms. The zero-order valence-corrected chi connectivity index (χ0v) is 14.7. The van der Waals surface area contributed by atoms with E-state index in [2.05, 4.69) is 4.98 Å². The molecule has 134 valence electrons. The first-order valence-electron chi connectivity index (χ1n) is 8.47. The van der Waals surface area contributed by atoms with Crippen LogP contribution in [0, 0.1) is 5.39 Å². The van der Waals surface area contributed by atoms with Gasteiger partial charge in [-0.15, -0.1) is 0 Å². The summed E-state index contributed by atoms with van der Waals surface area (Å²) >= 11 is 0. The van der Waals surface area contributed by atoms with E-state index in [0.29, 0.717) is 30.3 Å². The van der Waals surface area contributed by atoms with Gasteiger partial charge in [-0.3, -0.25) is 0 Å². The fourth-order valence-electron chi connectivity index (χ4n) is 2.52. The lowest BCUT2D eigenvalue weighted by Gasteiger charge is -2.13. The lowest BCUT2D eigenvalue weighted by molar-refractivity contribution is 0.288. The Morgan fingerprint density at radius 3 is 2.04 bits per heavy atom. The fourth-order valence-corrected chi connectivity index (χ4v) is 2.52. The summed E-state index contributed by atoms with van der Waals surface area (Å²) in [5, 5.41) is 18.8. The van der Waals surface area contributed by atoms with Crippen LogP contribution in [-0.4, -0.2) is 5.11 Å². The molecule has 0 aliphatic heterocycles. The third-order valence-electron chi connectivity index (χ3n) is 3.89. The van der Waals surface area contributed by atoms with Crippen molar-refractivity contribution in [2.45, 2.75) is 13.2 Å². The second kappa shape index (κ2) is 9.07. The van der Waals surface area contributed by atoms with Gasteiger partial charge in [0, 0.05) is 6.07 Å². The minimum Gasteiger partial charge on any atom is -0.501 e. The number of hydrogen-bond donors (Lipinski definition) is 1. The summed E-state index contributed by atoms with van der Waals surface area (Å²) in [4.78, 5) is 2.87. The van der Waals surface area contributed by atoms with E-state index in [4.69, 9.17) is 14.9 Å². The van der Waals surface area contributed by atoms with Crippen molar-refractivity contribution in [3.8, 4) is 11.5 Å². The molecule has 5 nitrogen and oxygen atoms in total. The standard InChI is InChI=1S/C22H18N2O3/c23-24-14-21(25)20-12-11-19(26-15-17-7-3-1-4-8-17)13-22(20)27-16-18-9-5-2-6-10-18/h1-14H,15-16H2/p+1/b21-14-. The normalized spacial score (nSPS) is 10.9. The first-order chi connectivity index (χ1) is 13.3. The fraction of sp³-hybridized carbons (Fsp3) is 0.0909.